The topological polar surface area (TPSA) is 51.0 Å². The van der Waals surface area contributed by atoms with Crippen LogP contribution in [0.1, 0.15) is 6.42 Å². The fraction of sp³-hybridized carbons (Fsp3) is 0.235. The Labute approximate surface area is 138 Å². The molecule has 1 aromatic carbocycles. The normalized spacial score (nSPS) is 14.0. The Hall–Kier alpha value is -2.40. The summed E-state index contributed by atoms with van der Waals surface area (Å²) in [6.07, 6.45) is 2.80. The van der Waals surface area contributed by atoms with Gasteiger partial charge >= 0.3 is 0 Å². The molecule has 116 valence electrons. The molecule has 0 atom stereocenters. The SMILES string of the molecule is O=C(Cn1c(-c2ccc(Cl)cc2)nc2cccnc21)N1CCC1. The van der Waals surface area contributed by atoms with Gasteiger partial charge in [0.1, 0.15) is 17.9 Å². The van der Waals surface area contributed by atoms with Gasteiger partial charge in [0.2, 0.25) is 5.91 Å². The van der Waals surface area contributed by atoms with E-state index in [1.165, 1.54) is 0 Å². The van der Waals surface area contributed by atoms with Crippen LogP contribution in [0.5, 0.6) is 0 Å². The monoisotopic (exact) mass is 326 g/mol. The van der Waals surface area contributed by atoms with Crippen LogP contribution in [0.3, 0.4) is 0 Å². The lowest BCUT2D eigenvalue weighted by Crippen LogP contribution is -2.43. The number of hydrogen-bond acceptors (Lipinski definition) is 3. The number of imidazole rings is 1. The summed E-state index contributed by atoms with van der Waals surface area (Å²) in [5.41, 5.74) is 2.43. The van der Waals surface area contributed by atoms with E-state index in [9.17, 15) is 4.79 Å². The molecule has 1 aliphatic heterocycles. The molecule has 1 amide bonds. The van der Waals surface area contributed by atoms with Gasteiger partial charge in [-0.1, -0.05) is 11.6 Å². The average Bonchev–Trinajstić information content (AvgIpc) is 2.85. The first-order valence-electron chi connectivity index (χ1n) is 7.57. The first-order valence-corrected chi connectivity index (χ1v) is 7.95. The van der Waals surface area contributed by atoms with Gasteiger partial charge in [0, 0.05) is 29.9 Å². The number of pyridine rings is 1. The van der Waals surface area contributed by atoms with Crippen LogP contribution in [0.4, 0.5) is 0 Å². The Morgan fingerprint density at radius 3 is 2.65 bits per heavy atom. The standard InChI is InChI=1S/C17H15ClN4O/c18-13-6-4-12(5-7-13)16-20-14-3-1-8-19-17(14)22(16)11-15(23)21-9-2-10-21/h1,3-8H,2,9-11H2. The van der Waals surface area contributed by atoms with E-state index in [2.05, 4.69) is 9.97 Å². The summed E-state index contributed by atoms with van der Waals surface area (Å²) in [6, 6.07) is 11.2. The van der Waals surface area contributed by atoms with Crippen molar-refractivity contribution in [3.63, 3.8) is 0 Å². The number of nitrogens with zero attached hydrogens (tertiary/aromatic N) is 4. The molecule has 5 nitrogen and oxygen atoms in total. The summed E-state index contributed by atoms with van der Waals surface area (Å²) < 4.78 is 1.89. The maximum Gasteiger partial charge on any atom is 0.242 e. The lowest BCUT2D eigenvalue weighted by Gasteiger charge is -2.31. The first-order chi connectivity index (χ1) is 11.2. The van der Waals surface area contributed by atoms with Gasteiger partial charge in [0.05, 0.1) is 0 Å². The molecule has 0 aliphatic carbocycles. The minimum Gasteiger partial charge on any atom is -0.341 e. The Kier molecular flexibility index (Phi) is 3.50. The maximum atomic E-state index is 12.4. The molecule has 0 bridgehead atoms. The highest BCUT2D eigenvalue weighted by Crippen LogP contribution is 2.25. The Morgan fingerprint density at radius 1 is 1.17 bits per heavy atom. The van der Waals surface area contributed by atoms with E-state index in [-0.39, 0.29) is 12.5 Å². The van der Waals surface area contributed by atoms with E-state index in [1.54, 1.807) is 6.20 Å². The lowest BCUT2D eigenvalue weighted by molar-refractivity contribution is -0.135. The molecule has 3 heterocycles. The molecular formula is C17H15ClN4O. The third-order valence-electron chi connectivity index (χ3n) is 4.11. The second-order valence-corrected chi connectivity index (χ2v) is 6.05. The van der Waals surface area contributed by atoms with Crippen LogP contribution in [0.2, 0.25) is 5.02 Å². The van der Waals surface area contributed by atoms with Crippen molar-refractivity contribution >= 4 is 28.7 Å². The van der Waals surface area contributed by atoms with Crippen LogP contribution in [0.15, 0.2) is 42.6 Å². The van der Waals surface area contributed by atoms with Crippen LogP contribution in [0, 0.1) is 0 Å². The number of halogens is 1. The van der Waals surface area contributed by atoms with Gasteiger partial charge in [0.15, 0.2) is 5.65 Å². The summed E-state index contributed by atoms with van der Waals surface area (Å²) in [5.74, 6) is 0.848. The molecule has 23 heavy (non-hydrogen) atoms. The number of aromatic nitrogens is 3. The minimum absolute atomic E-state index is 0.108. The fourth-order valence-corrected chi connectivity index (χ4v) is 2.85. The minimum atomic E-state index is 0.108. The fourth-order valence-electron chi connectivity index (χ4n) is 2.73. The zero-order chi connectivity index (χ0) is 15.8. The van der Waals surface area contributed by atoms with Crippen molar-refractivity contribution < 1.29 is 4.79 Å². The summed E-state index contributed by atoms with van der Waals surface area (Å²) >= 11 is 5.97. The second-order valence-electron chi connectivity index (χ2n) is 5.61. The summed E-state index contributed by atoms with van der Waals surface area (Å²) in [4.78, 5) is 23.3. The number of fused-ring (bicyclic) bond motifs is 1. The van der Waals surface area contributed by atoms with Crippen molar-refractivity contribution in [1.82, 2.24) is 19.4 Å². The van der Waals surface area contributed by atoms with Crippen molar-refractivity contribution in [1.29, 1.82) is 0 Å². The zero-order valence-electron chi connectivity index (χ0n) is 12.4. The molecule has 6 heteroatoms. The second kappa shape index (κ2) is 5.66. The van der Waals surface area contributed by atoms with E-state index >= 15 is 0 Å². The van der Waals surface area contributed by atoms with Gasteiger partial charge in [-0.05, 0) is 42.8 Å². The van der Waals surface area contributed by atoms with Gasteiger partial charge < -0.3 is 4.90 Å². The van der Waals surface area contributed by atoms with Crippen LogP contribution in [0.25, 0.3) is 22.6 Å². The molecular weight excluding hydrogens is 312 g/mol. The smallest absolute Gasteiger partial charge is 0.242 e. The molecule has 0 unspecified atom stereocenters. The highest BCUT2D eigenvalue weighted by Gasteiger charge is 2.23. The van der Waals surface area contributed by atoms with Gasteiger partial charge in [-0.25, -0.2) is 9.97 Å². The molecule has 2 aromatic heterocycles. The number of carbonyl (C=O) groups is 1. The highest BCUT2D eigenvalue weighted by molar-refractivity contribution is 6.30. The Bertz CT molecular complexity index is 868. The van der Waals surface area contributed by atoms with Crippen molar-refractivity contribution in [3.8, 4) is 11.4 Å². The number of carbonyl (C=O) groups excluding carboxylic acids is 1. The van der Waals surface area contributed by atoms with Gasteiger partial charge in [-0.3, -0.25) is 9.36 Å². The molecule has 3 aromatic rings. The zero-order valence-corrected chi connectivity index (χ0v) is 13.2. The number of likely N-dealkylation sites (tertiary alicyclic amines) is 1. The predicted molar refractivity (Wildman–Crippen MR) is 89.2 cm³/mol. The molecule has 0 radical (unpaired) electrons. The predicted octanol–water partition coefficient (Wildman–Crippen LogP) is 2.98. The largest absolute Gasteiger partial charge is 0.341 e. The van der Waals surface area contributed by atoms with Gasteiger partial charge in [0.25, 0.3) is 0 Å². The van der Waals surface area contributed by atoms with Crippen molar-refractivity contribution in [2.24, 2.45) is 0 Å². The highest BCUT2D eigenvalue weighted by atomic mass is 35.5. The Balaban J connectivity index is 1.80. The van der Waals surface area contributed by atoms with E-state index in [0.717, 1.165) is 42.1 Å². The lowest BCUT2D eigenvalue weighted by atomic mass is 10.2. The van der Waals surface area contributed by atoms with Crippen LogP contribution < -0.4 is 0 Å². The summed E-state index contributed by atoms with van der Waals surface area (Å²) in [5, 5.41) is 0.672. The van der Waals surface area contributed by atoms with E-state index < -0.39 is 0 Å². The number of amides is 1. The Morgan fingerprint density at radius 2 is 1.96 bits per heavy atom. The van der Waals surface area contributed by atoms with E-state index in [0.29, 0.717) is 5.02 Å². The van der Waals surface area contributed by atoms with Crippen LogP contribution >= 0.6 is 11.6 Å². The molecule has 1 fully saturated rings. The van der Waals surface area contributed by atoms with Crippen molar-refractivity contribution in [2.45, 2.75) is 13.0 Å². The van der Waals surface area contributed by atoms with E-state index in [4.69, 9.17) is 11.6 Å². The van der Waals surface area contributed by atoms with Gasteiger partial charge in [-0.2, -0.15) is 0 Å². The summed E-state index contributed by atoms with van der Waals surface area (Å²) in [7, 11) is 0. The number of rotatable bonds is 3. The van der Waals surface area contributed by atoms with Crippen LogP contribution in [-0.2, 0) is 11.3 Å². The van der Waals surface area contributed by atoms with Crippen LogP contribution in [-0.4, -0.2) is 38.4 Å². The van der Waals surface area contributed by atoms with E-state index in [1.807, 2.05) is 45.9 Å². The molecule has 0 saturated carbocycles. The third kappa shape index (κ3) is 2.57. The first kappa shape index (κ1) is 14.2. The molecule has 0 spiro atoms. The van der Waals surface area contributed by atoms with Gasteiger partial charge in [-0.15, -0.1) is 0 Å². The van der Waals surface area contributed by atoms with Crippen molar-refractivity contribution in [3.05, 3.63) is 47.6 Å². The van der Waals surface area contributed by atoms with Crippen molar-refractivity contribution in [2.75, 3.05) is 13.1 Å². The molecule has 1 saturated heterocycles. The molecule has 4 rings (SSSR count). The maximum absolute atomic E-state index is 12.4. The molecule has 0 N–H and O–H groups in total. The number of hydrogen-bond donors (Lipinski definition) is 0. The third-order valence-corrected chi connectivity index (χ3v) is 4.36. The molecule has 1 aliphatic rings. The number of benzene rings is 1. The summed E-state index contributed by atoms with van der Waals surface area (Å²) in [6.45, 7) is 1.94. The average molecular weight is 327 g/mol. The quantitative estimate of drug-likeness (QED) is 0.743.